The van der Waals surface area contributed by atoms with Crippen LogP contribution >= 0.6 is 0 Å². The minimum Gasteiger partial charge on any atom is -0.477 e. The summed E-state index contributed by atoms with van der Waals surface area (Å²) >= 11 is 0. The van der Waals surface area contributed by atoms with Gasteiger partial charge in [-0.1, -0.05) is 49.6 Å². The standard InChI is InChI=1S/C36H37F4N7O5.C6H12O/c1-19-16-25(29(42)48)12-15-27(19)22-6-2-20(3-7-22)17-28(44-31(49)24-8-4-21(18-41)5-9-24)32(50)43-26-13-10-23(11-14-26)30-45-33(47-46-30)35(37,38)36(39,40)34(51)52;7-6-4-2-1-3-5-6/h2-3,6-7,10-16,21,24,28H,4-5,8-9,17-18,41H2,1H3,(H2,42,48)(H,43,50)(H,44,49)(H,51,52)(H,45,46,47);6-7H,1-5H2. The molecule has 1 aromatic heterocycles. The summed E-state index contributed by atoms with van der Waals surface area (Å²) in [6, 6.07) is 17.1. The molecule has 2 aliphatic rings. The Labute approximate surface area is 338 Å². The third-order valence-electron chi connectivity index (χ3n) is 10.8. The number of alkyl halides is 4. The zero-order valence-corrected chi connectivity index (χ0v) is 32.5. The highest BCUT2D eigenvalue weighted by Gasteiger charge is 2.65. The fourth-order valence-electron chi connectivity index (χ4n) is 7.18. The molecule has 3 amide bonds. The smallest absolute Gasteiger partial charge is 0.411 e. The highest BCUT2D eigenvalue weighted by molar-refractivity contribution is 5.98. The van der Waals surface area contributed by atoms with Gasteiger partial charge in [0.25, 0.3) is 0 Å². The Morgan fingerprint density at radius 2 is 1.51 bits per heavy atom. The second-order valence-electron chi connectivity index (χ2n) is 15.1. The summed E-state index contributed by atoms with van der Waals surface area (Å²) in [5.74, 6) is -16.9. The van der Waals surface area contributed by atoms with Gasteiger partial charge in [0.2, 0.25) is 23.5 Å². The molecule has 2 saturated carbocycles. The number of aliphatic carboxylic acids is 1. The van der Waals surface area contributed by atoms with Crippen LogP contribution in [-0.4, -0.2) is 73.7 Å². The van der Waals surface area contributed by atoms with Gasteiger partial charge in [-0.3, -0.25) is 19.5 Å². The molecule has 6 rings (SSSR count). The van der Waals surface area contributed by atoms with Gasteiger partial charge in [0.15, 0.2) is 5.82 Å². The number of carbonyl (C=O) groups excluding carboxylic acids is 3. The Morgan fingerprint density at radius 3 is 2.05 bits per heavy atom. The molecule has 1 heterocycles. The van der Waals surface area contributed by atoms with Crippen molar-refractivity contribution in [1.29, 1.82) is 0 Å². The molecule has 13 nitrogen and oxygen atoms in total. The lowest BCUT2D eigenvalue weighted by Gasteiger charge is -2.28. The number of aryl methyl sites for hydroxylation is 1. The molecule has 4 aromatic rings. The van der Waals surface area contributed by atoms with Crippen LogP contribution in [-0.2, 0) is 26.7 Å². The first-order valence-corrected chi connectivity index (χ1v) is 19.5. The summed E-state index contributed by atoms with van der Waals surface area (Å²) in [5, 5.41) is 28.3. The molecular weight excluding hydrogens is 774 g/mol. The van der Waals surface area contributed by atoms with Gasteiger partial charge in [-0.15, -0.1) is 0 Å². The molecule has 0 bridgehead atoms. The van der Waals surface area contributed by atoms with E-state index in [4.69, 9.17) is 21.7 Å². The summed E-state index contributed by atoms with van der Waals surface area (Å²) in [7, 11) is 0. The lowest BCUT2D eigenvalue weighted by Crippen LogP contribution is -2.48. The van der Waals surface area contributed by atoms with Gasteiger partial charge < -0.3 is 32.3 Å². The molecule has 17 heteroatoms. The number of anilines is 1. The number of H-pyrrole nitrogens is 1. The normalized spacial score (nSPS) is 17.9. The number of aliphatic hydroxyl groups excluding tert-OH is 1. The predicted molar refractivity (Wildman–Crippen MR) is 211 cm³/mol. The molecule has 316 valence electrons. The molecular formula is C42H49F4N7O6. The number of aliphatic hydroxyl groups is 1. The quantitative estimate of drug-likeness (QED) is 0.0773. The highest BCUT2D eigenvalue weighted by Crippen LogP contribution is 2.42. The highest BCUT2D eigenvalue weighted by atomic mass is 19.3. The Balaban J connectivity index is 0.000000854. The fraction of sp³-hybridized carbons (Fsp3) is 0.429. The number of amides is 3. The first-order chi connectivity index (χ1) is 28.0. The number of hydrogen-bond donors (Lipinski definition) is 7. The summed E-state index contributed by atoms with van der Waals surface area (Å²) in [6.45, 7) is 2.41. The molecule has 59 heavy (non-hydrogen) atoms. The number of carboxylic acid groups (broad SMARTS) is 1. The average Bonchev–Trinajstić information content (AvgIpc) is 3.73. The summed E-state index contributed by atoms with van der Waals surface area (Å²) in [5.41, 5.74) is 15.3. The second-order valence-corrected chi connectivity index (χ2v) is 15.1. The van der Waals surface area contributed by atoms with Gasteiger partial charge in [-0.25, -0.2) is 9.78 Å². The molecule has 0 saturated heterocycles. The molecule has 0 aliphatic heterocycles. The van der Waals surface area contributed by atoms with E-state index >= 15 is 0 Å². The van der Waals surface area contributed by atoms with Crippen molar-refractivity contribution in [3.8, 4) is 22.5 Å². The van der Waals surface area contributed by atoms with Gasteiger partial charge in [0.05, 0.1) is 6.10 Å². The van der Waals surface area contributed by atoms with Crippen LogP contribution in [0.4, 0.5) is 23.2 Å². The number of nitrogens with zero attached hydrogens (tertiary/aromatic N) is 2. The van der Waals surface area contributed by atoms with Crippen molar-refractivity contribution in [3.63, 3.8) is 0 Å². The minimum absolute atomic E-state index is 0.0359. The average molecular weight is 824 g/mol. The number of benzene rings is 3. The summed E-state index contributed by atoms with van der Waals surface area (Å²) in [6.07, 6.45) is 8.98. The largest absolute Gasteiger partial charge is 0.477 e. The summed E-state index contributed by atoms with van der Waals surface area (Å²) < 4.78 is 55.6. The lowest BCUT2D eigenvalue weighted by molar-refractivity contribution is -0.231. The van der Waals surface area contributed by atoms with Crippen LogP contribution in [0.1, 0.15) is 85.1 Å². The molecule has 3 aromatic carbocycles. The topological polar surface area (TPSA) is 226 Å². The number of aromatic nitrogens is 3. The van der Waals surface area contributed by atoms with Gasteiger partial charge in [0, 0.05) is 29.2 Å². The van der Waals surface area contributed by atoms with Gasteiger partial charge in [0.1, 0.15) is 6.04 Å². The zero-order valence-electron chi connectivity index (χ0n) is 32.5. The Kier molecular flexibility index (Phi) is 14.6. The maximum absolute atomic E-state index is 14.2. The predicted octanol–water partition coefficient (Wildman–Crippen LogP) is 6.10. The molecule has 1 unspecified atom stereocenters. The van der Waals surface area contributed by atoms with Crippen molar-refractivity contribution in [2.75, 3.05) is 11.9 Å². The van der Waals surface area contributed by atoms with Crippen molar-refractivity contribution >= 4 is 29.4 Å². The van der Waals surface area contributed by atoms with E-state index in [-0.39, 0.29) is 35.6 Å². The van der Waals surface area contributed by atoms with E-state index in [1.165, 1.54) is 43.5 Å². The SMILES string of the molecule is Cc1cc(C(N)=O)ccc1-c1ccc(CC(NC(=O)C2CCC(CN)CC2)C(=O)Nc2ccc(-c3n[nH]c(C(F)(F)C(F)(F)C(=O)O)n3)cc2)cc1.OC1CCCCC1. The van der Waals surface area contributed by atoms with Crippen LogP contribution in [0.25, 0.3) is 22.5 Å². The Morgan fingerprint density at radius 1 is 0.881 bits per heavy atom. The molecule has 0 radical (unpaired) electrons. The van der Waals surface area contributed by atoms with Crippen LogP contribution in [0, 0.1) is 18.8 Å². The van der Waals surface area contributed by atoms with Gasteiger partial charge in [-0.2, -0.15) is 22.7 Å². The van der Waals surface area contributed by atoms with E-state index in [0.29, 0.717) is 30.9 Å². The van der Waals surface area contributed by atoms with E-state index in [0.717, 1.165) is 47.9 Å². The van der Waals surface area contributed by atoms with Crippen LogP contribution in [0.15, 0.2) is 66.7 Å². The molecule has 2 aliphatic carbocycles. The molecule has 2 fully saturated rings. The molecule has 9 N–H and O–H groups in total. The van der Waals surface area contributed by atoms with E-state index in [2.05, 4.69) is 20.7 Å². The van der Waals surface area contributed by atoms with Gasteiger partial charge in [-0.05, 0) is 117 Å². The van der Waals surface area contributed by atoms with Crippen molar-refractivity contribution < 1.29 is 47.0 Å². The van der Waals surface area contributed by atoms with Crippen molar-refractivity contribution in [2.45, 2.75) is 95.1 Å². The van der Waals surface area contributed by atoms with Crippen molar-refractivity contribution in [3.05, 3.63) is 89.2 Å². The van der Waals surface area contributed by atoms with Crippen LogP contribution < -0.4 is 22.1 Å². The maximum atomic E-state index is 14.2. The van der Waals surface area contributed by atoms with Crippen LogP contribution in [0.5, 0.6) is 0 Å². The van der Waals surface area contributed by atoms with E-state index in [1.807, 2.05) is 31.2 Å². The van der Waals surface area contributed by atoms with E-state index in [1.54, 1.807) is 23.3 Å². The second kappa shape index (κ2) is 19.4. The van der Waals surface area contributed by atoms with Crippen molar-refractivity contribution in [1.82, 2.24) is 20.5 Å². The summed E-state index contributed by atoms with van der Waals surface area (Å²) in [4.78, 5) is 52.7. The Hall–Kier alpha value is -5.68. The zero-order chi connectivity index (χ0) is 42.9. The number of nitrogens with one attached hydrogen (secondary N) is 3. The number of carbonyl (C=O) groups is 4. The van der Waals surface area contributed by atoms with E-state index < -0.39 is 47.3 Å². The van der Waals surface area contributed by atoms with Gasteiger partial charge >= 0.3 is 17.8 Å². The molecule has 1 atom stereocenters. The number of rotatable bonds is 13. The van der Waals surface area contributed by atoms with Crippen LogP contribution in [0.2, 0.25) is 0 Å². The first-order valence-electron chi connectivity index (χ1n) is 19.5. The first kappa shape index (κ1) is 44.4. The lowest BCUT2D eigenvalue weighted by atomic mass is 9.81. The number of aromatic amines is 1. The van der Waals surface area contributed by atoms with E-state index in [9.17, 15) is 36.7 Å². The third kappa shape index (κ3) is 11.1. The minimum atomic E-state index is -5.44. The molecule has 0 spiro atoms. The number of halogens is 4. The monoisotopic (exact) mass is 823 g/mol. The van der Waals surface area contributed by atoms with Crippen LogP contribution in [0.3, 0.4) is 0 Å². The number of primary amides is 1. The third-order valence-corrected chi connectivity index (χ3v) is 10.8. The Bertz CT molecular complexity index is 2080. The number of hydrogen-bond acceptors (Lipinski definition) is 8. The maximum Gasteiger partial charge on any atom is 0.411 e. The number of carboxylic acids is 1. The van der Waals surface area contributed by atoms with Crippen molar-refractivity contribution in [2.24, 2.45) is 23.3 Å². The fourth-order valence-corrected chi connectivity index (χ4v) is 7.18. The number of nitrogens with two attached hydrogens (primary N) is 2.